The molecule has 0 aromatic heterocycles. The molecule has 0 aromatic rings. The molecule has 0 bridgehead atoms. The minimum Gasteiger partial charge on any atom is -0.459 e. The summed E-state index contributed by atoms with van der Waals surface area (Å²) in [4.78, 5) is 25.1. The van der Waals surface area contributed by atoms with Crippen molar-refractivity contribution in [3.63, 3.8) is 0 Å². The second-order valence-corrected chi connectivity index (χ2v) is 12.3. The minimum absolute atomic E-state index is 0.0311. The largest absolute Gasteiger partial charge is 0.459 e. The Balaban J connectivity index is 2.07. The fourth-order valence-electron chi connectivity index (χ4n) is 5.50. The highest BCUT2D eigenvalue weighted by Crippen LogP contribution is 2.34. The smallest absolute Gasteiger partial charge is 0.333 e. The second-order valence-electron chi connectivity index (χ2n) is 12.3. The summed E-state index contributed by atoms with van der Waals surface area (Å²) in [5.41, 5.74) is 2.68. The standard InChI is InChI=1S/C32H52O7/c1-19-13-20(2)15-29-28(39-29)12-10-8-9-11-21(3)32(37)38-25(7)16-24(6)30(35)31(36)27(34)18-26(33)17-23(5)22(4)14-19/h11,14,20,23-26,28-31,33,35-36H,1,8-10,12-13,15-18H2,2-7H3/b21-11-,22-14-/t20-,23+,24-,25+,26+,28+,29+,30+,31+/m1/s1. The number of ketones is 1. The van der Waals surface area contributed by atoms with E-state index < -0.39 is 42.1 Å². The van der Waals surface area contributed by atoms with Crippen molar-refractivity contribution in [3.05, 3.63) is 35.5 Å². The van der Waals surface area contributed by atoms with Crippen molar-refractivity contribution in [3.8, 4) is 0 Å². The lowest BCUT2D eigenvalue weighted by Crippen LogP contribution is -2.40. The summed E-state index contributed by atoms with van der Waals surface area (Å²) in [5, 5.41) is 31.6. The van der Waals surface area contributed by atoms with Gasteiger partial charge in [-0.1, -0.05) is 57.1 Å². The molecule has 2 rings (SSSR count). The summed E-state index contributed by atoms with van der Waals surface area (Å²) < 4.78 is 11.4. The van der Waals surface area contributed by atoms with Crippen LogP contribution >= 0.6 is 0 Å². The van der Waals surface area contributed by atoms with E-state index in [1.807, 2.05) is 19.9 Å². The second kappa shape index (κ2) is 15.8. The van der Waals surface area contributed by atoms with Crippen LogP contribution in [0.3, 0.4) is 0 Å². The van der Waals surface area contributed by atoms with Crippen LogP contribution < -0.4 is 0 Å². The summed E-state index contributed by atoms with van der Waals surface area (Å²) in [6, 6.07) is 0. The average Bonchev–Trinajstić information content (AvgIpc) is 3.58. The number of fused-ring (bicyclic) bond motifs is 1. The van der Waals surface area contributed by atoms with Crippen LogP contribution in [0.15, 0.2) is 35.5 Å². The fourth-order valence-corrected chi connectivity index (χ4v) is 5.50. The van der Waals surface area contributed by atoms with Gasteiger partial charge in [0, 0.05) is 12.0 Å². The van der Waals surface area contributed by atoms with E-state index in [0.29, 0.717) is 36.5 Å². The molecule has 0 aromatic carbocycles. The minimum atomic E-state index is -1.61. The van der Waals surface area contributed by atoms with E-state index in [1.165, 1.54) is 0 Å². The molecule has 9 atom stereocenters. The number of esters is 1. The van der Waals surface area contributed by atoms with E-state index in [2.05, 4.69) is 19.6 Å². The van der Waals surface area contributed by atoms with Gasteiger partial charge in [0.2, 0.25) is 0 Å². The fraction of sp³-hybridized carbons (Fsp3) is 0.750. The van der Waals surface area contributed by atoms with E-state index in [-0.39, 0.29) is 12.3 Å². The molecule has 0 saturated carbocycles. The third-order valence-corrected chi connectivity index (χ3v) is 8.17. The molecule has 7 heteroatoms. The maximum atomic E-state index is 12.6. The molecule has 222 valence electrons. The van der Waals surface area contributed by atoms with Crippen LogP contribution in [0, 0.1) is 17.8 Å². The number of Topliss-reactive ketones (excluding diaryl/α,β-unsaturated/α-hetero) is 1. The first kappa shape index (κ1) is 33.4. The van der Waals surface area contributed by atoms with Crippen LogP contribution in [0.4, 0.5) is 0 Å². The van der Waals surface area contributed by atoms with Gasteiger partial charge in [-0.25, -0.2) is 4.79 Å². The van der Waals surface area contributed by atoms with Crippen LogP contribution in [0.25, 0.3) is 0 Å². The van der Waals surface area contributed by atoms with Crippen molar-refractivity contribution in [2.45, 2.75) is 136 Å². The topological polar surface area (TPSA) is 117 Å². The molecule has 0 spiro atoms. The molecular weight excluding hydrogens is 496 g/mol. The first-order valence-electron chi connectivity index (χ1n) is 14.7. The Morgan fingerprint density at radius 3 is 2.31 bits per heavy atom. The van der Waals surface area contributed by atoms with Gasteiger partial charge in [0.15, 0.2) is 5.78 Å². The third-order valence-electron chi connectivity index (χ3n) is 8.17. The molecule has 3 N–H and O–H groups in total. The van der Waals surface area contributed by atoms with Crippen LogP contribution in [0.1, 0.15) is 99.3 Å². The molecule has 0 unspecified atom stereocenters. The molecule has 0 amide bonds. The van der Waals surface area contributed by atoms with Gasteiger partial charge in [-0.2, -0.15) is 0 Å². The van der Waals surface area contributed by atoms with E-state index in [4.69, 9.17) is 9.47 Å². The van der Waals surface area contributed by atoms with Gasteiger partial charge in [-0.3, -0.25) is 4.79 Å². The van der Waals surface area contributed by atoms with Gasteiger partial charge in [-0.15, -0.1) is 0 Å². The number of epoxide rings is 1. The Kier molecular flexibility index (Phi) is 13.6. The van der Waals surface area contributed by atoms with Crippen LogP contribution in [-0.4, -0.2) is 63.7 Å². The Labute approximate surface area is 235 Å². The number of hydrogen-bond acceptors (Lipinski definition) is 7. The lowest BCUT2D eigenvalue weighted by atomic mass is 9.88. The zero-order chi connectivity index (χ0) is 29.3. The number of aliphatic hydroxyl groups excluding tert-OH is 3. The zero-order valence-corrected chi connectivity index (χ0v) is 24.9. The molecule has 0 aliphatic carbocycles. The molecule has 0 radical (unpaired) electrons. The molecule has 7 nitrogen and oxygen atoms in total. The summed E-state index contributed by atoms with van der Waals surface area (Å²) in [7, 11) is 0. The molecular formula is C32H52O7. The van der Waals surface area contributed by atoms with Crippen LogP contribution in [0.5, 0.6) is 0 Å². The number of carbonyl (C=O) groups excluding carboxylic acids is 2. The normalized spacial score (nSPS) is 40.4. The molecule has 2 aliphatic heterocycles. The van der Waals surface area contributed by atoms with Crippen molar-refractivity contribution in [2.75, 3.05) is 0 Å². The van der Waals surface area contributed by atoms with E-state index in [1.54, 1.807) is 20.8 Å². The van der Waals surface area contributed by atoms with Crippen LogP contribution in [0.2, 0.25) is 0 Å². The predicted molar refractivity (Wildman–Crippen MR) is 153 cm³/mol. The number of carbonyl (C=O) groups is 2. The maximum absolute atomic E-state index is 12.6. The lowest BCUT2D eigenvalue weighted by Gasteiger charge is -2.26. The van der Waals surface area contributed by atoms with Gasteiger partial charge in [0.25, 0.3) is 0 Å². The SMILES string of the molecule is C=C1/C=C(/C)[C@@H](C)C[C@H](O)CC(=O)[C@H](O)[C@@H](O)[C@H](C)C[C@H](C)OC(=O)/C(C)=C\CCCC[C@@H]2O[C@H]2C[C@H](C)C1. The highest BCUT2D eigenvalue weighted by atomic mass is 16.6. The molecule has 2 aliphatic rings. The average molecular weight is 549 g/mol. The molecule has 39 heavy (non-hydrogen) atoms. The molecule has 2 heterocycles. The van der Waals surface area contributed by atoms with E-state index in [0.717, 1.165) is 49.7 Å². The number of rotatable bonds is 0. The van der Waals surface area contributed by atoms with Crippen LogP contribution in [-0.2, 0) is 19.1 Å². The van der Waals surface area contributed by atoms with Gasteiger partial charge >= 0.3 is 5.97 Å². The summed E-state index contributed by atoms with van der Waals surface area (Å²) >= 11 is 0. The summed E-state index contributed by atoms with van der Waals surface area (Å²) in [5.74, 6) is -1.01. The maximum Gasteiger partial charge on any atom is 0.333 e. The Morgan fingerprint density at radius 2 is 1.62 bits per heavy atom. The number of allylic oxidation sites excluding steroid dienone is 4. The van der Waals surface area contributed by atoms with Gasteiger partial charge in [0.05, 0.1) is 30.5 Å². The Bertz CT molecular complexity index is 891. The van der Waals surface area contributed by atoms with Gasteiger partial charge < -0.3 is 24.8 Å². The van der Waals surface area contributed by atoms with E-state index in [9.17, 15) is 24.9 Å². The van der Waals surface area contributed by atoms with Crippen molar-refractivity contribution in [1.82, 2.24) is 0 Å². The Hall–Kier alpha value is -1.80. The van der Waals surface area contributed by atoms with Crippen molar-refractivity contribution in [1.29, 1.82) is 0 Å². The summed E-state index contributed by atoms with van der Waals surface area (Å²) in [6.07, 6.45) is 6.40. The highest BCUT2D eigenvalue weighted by molar-refractivity contribution is 5.87. The number of hydrogen-bond donors (Lipinski definition) is 3. The Morgan fingerprint density at radius 1 is 0.923 bits per heavy atom. The van der Waals surface area contributed by atoms with Crippen molar-refractivity contribution < 1.29 is 34.4 Å². The molecule has 1 fully saturated rings. The first-order chi connectivity index (χ1) is 18.3. The van der Waals surface area contributed by atoms with Gasteiger partial charge in [-0.05, 0) is 83.5 Å². The predicted octanol–water partition coefficient (Wildman–Crippen LogP) is 5.22. The summed E-state index contributed by atoms with van der Waals surface area (Å²) in [6.45, 7) is 15.6. The van der Waals surface area contributed by atoms with Crippen molar-refractivity contribution in [2.24, 2.45) is 17.8 Å². The lowest BCUT2D eigenvalue weighted by molar-refractivity contribution is -0.146. The first-order valence-corrected chi connectivity index (χ1v) is 14.7. The highest BCUT2D eigenvalue weighted by Gasteiger charge is 2.38. The van der Waals surface area contributed by atoms with Gasteiger partial charge in [0.1, 0.15) is 6.10 Å². The zero-order valence-electron chi connectivity index (χ0n) is 24.9. The monoisotopic (exact) mass is 548 g/mol. The number of ether oxygens (including phenoxy) is 2. The molecule has 1 saturated heterocycles. The quantitative estimate of drug-likeness (QED) is 0.281. The van der Waals surface area contributed by atoms with Crippen molar-refractivity contribution >= 4 is 11.8 Å². The van der Waals surface area contributed by atoms with E-state index >= 15 is 0 Å². The number of cyclic esters (lactones) is 1. The number of aliphatic hydroxyl groups is 3. The third kappa shape index (κ3) is 11.7.